The smallest absolute Gasteiger partial charge is 0.390 e. The topological polar surface area (TPSA) is 34.1 Å². The summed E-state index contributed by atoms with van der Waals surface area (Å²) in [7, 11) is 1.54. The van der Waals surface area contributed by atoms with E-state index in [-0.39, 0.29) is 6.54 Å². The Morgan fingerprint density at radius 2 is 2.06 bits per heavy atom. The number of hydrogen-bond acceptors (Lipinski definition) is 3. The van der Waals surface area contributed by atoms with E-state index in [2.05, 4.69) is 10.3 Å². The van der Waals surface area contributed by atoms with E-state index in [0.29, 0.717) is 18.0 Å². The zero-order valence-electron chi connectivity index (χ0n) is 9.77. The SMILES string of the molecule is COc1cc(C)nc(CNCCC(F)(F)F)c1. The first kappa shape index (κ1) is 13.8. The maximum atomic E-state index is 11.9. The van der Waals surface area contributed by atoms with Gasteiger partial charge in [0.05, 0.1) is 19.2 Å². The number of methoxy groups -OCH3 is 1. The van der Waals surface area contributed by atoms with Crippen molar-refractivity contribution in [3.63, 3.8) is 0 Å². The number of halogens is 3. The van der Waals surface area contributed by atoms with Crippen molar-refractivity contribution in [3.05, 3.63) is 23.5 Å². The summed E-state index contributed by atoms with van der Waals surface area (Å²) >= 11 is 0. The third-order valence-electron chi connectivity index (χ3n) is 2.11. The molecule has 0 atom stereocenters. The maximum Gasteiger partial charge on any atom is 0.390 e. The van der Waals surface area contributed by atoms with Gasteiger partial charge in [-0.05, 0) is 6.92 Å². The molecule has 1 aromatic rings. The average Bonchev–Trinajstić information content (AvgIpc) is 2.22. The van der Waals surface area contributed by atoms with Crippen LogP contribution in [0.4, 0.5) is 13.2 Å². The van der Waals surface area contributed by atoms with Gasteiger partial charge < -0.3 is 10.1 Å². The second kappa shape index (κ2) is 5.86. The largest absolute Gasteiger partial charge is 0.497 e. The van der Waals surface area contributed by atoms with Gasteiger partial charge in [-0.15, -0.1) is 0 Å². The Morgan fingerprint density at radius 1 is 1.35 bits per heavy atom. The summed E-state index contributed by atoms with van der Waals surface area (Å²) in [5.41, 5.74) is 1.45. The predicted molar refractivity (Wildman–Crippen MR) is 57.9 cm³/mol. The molecule has 0 radical (unpaired) electrons. The van der Waals surface area contributed by atoms with E-state index in [4.69, 9.17) is 4.74 Å². The van der Waals surface area contributed by atoms with Gasteiger partial charge in [-0.3, -0.25) is 4.98 Å². The summed E-state index contributed by atoms with van der Waals surface area (Å²) in [4.78, 5) is 4.19. The van der Waals surface area contributed by atoms with Crippen LogP contribution in [0.2, 0.25) is 0 Å². The van der Waals surface area contributed by atoms with Crippen LogP contribution in [0.15, 0.2) is 12.1 Å². The fourth-order valence-electron chi connectivity index (χ4n) is 1.36. The van der Waals surface area contributed by atoms with Crippen molar-refractivity contribution < 1.29 is 17.9 Å². The van der Waals surface area contributed by atoms with Crippen LogP contribution in [0.3, 0.4) is 0 Å². The van der Waals surface area contributed by atoms with Crippen LogP contribution in [0, 0.1) is 6.92 Å². The van der Waals surface area contributed by atoms with Gasteiger partial charge in [0, 0.05) is 30.9 Å². The van der Waals surface area contributed by atoms with Gasteiger partial charge >= 0.3 is 6.18 Å². The van der Waals surface area contributed by atoms with E-state index >= 15 is 0 Å². The Kier molecular flexibility index (Phi) is 4.74. The highest BCUT2D eigenvalue weighted by molar-refractivity contribution is 5.26. The minimum absolute atomic E-state index is 0.110. The van der Waals surface area contributed by atoms with Crippen molar-refractivity contribution in [1.82, 2.24) is 10.3 Å². The molecule has 0 saturated heterocycles. The Balaban J connectivity index is 2.44. The highest BCUT2D eigenvalue weighted by Gasteiger charge is 2.25. The van der Waals surface area contributed by atoms with Gasteiger partial charge in [0.15, 0.2) is 0 Å². The molecular weight excluding hydrogens is 233 g/mol. The number of hydrogen-bond donors (Lipinski definition) is 1. The van der Waals surface area contributed by atoms with Crippen molar-refractivity contribution in [2.75, 3.05) is 13.7 Å². The summed E-state index contributed by atoms with van der Waals surface area (Å²) < 4.78 is 40.7. The molecule has 0 aliphatic rings. The Bertz CT molecular complexity index is 366. The second-order valence-corrected chi connectivity index (χ2v) is 3.68. The van der Waals surface area contributed by atoms with Crippen molar-refractivity contribution >= 4 is 0 Å². The van der Waals surface area contributed by atoms with Crippen LogP contribution in [-0.4, -0.2) is 24.8 Å². The molecule has 1 N–H and O–H groups in total. The molecule has 3 nitrogen and oxygen atoms in total. The third-order valence-corrected chi connectivity index (χ3v) is 2.11. The Morgan fingerprint density at radius 3 is 2.65 bits per heavy atom. The summed E-state index contributed by atoms with van der Waals surface area (Å²) in [5.74, 6) is 0.658. The molecule has 0 spiro atoms. The van der Waals surface area contributed by atoms with Crippen LogP contribution in [-0.2, 0) is 6.54 Å². The molecular formula is C11H15F3N2O. The van der Waals surface area contributed by atoms with Gasteiger partial charge in [-0.2, -0.15) is 13.2 Å². The number of aromatic nitrogens is 1. The van der Waals surface area contributed by atoms with Gasteiger partial charge in [0.25, 0.3) is 0 Å². The first-order valence-electron chi connectivity index (χ1n) is 5.20. The number of pyridine rings is 1. The summed E-state index contributed by atoms with van der Waals surface area (Å²) in [6.07, 6.45) is -4.96. The molecule has 1 rings (SSSR count). The molecule has 0 aliphatic carbocycles. The highest BCUT2D eigenvalue weighted by Crippen LogP contribution is 2.18. The standard InChI is InChI=1S/C11H15F3N2O/c1-8-5-10(17-2)6-9(16-8)7-15-4-3-11(12,13)14/h5-6,15H,3-4,7H2,1-2H3. The number of rotatable bonds is 5. The van der Waals surface area contributed by atoms with Gasteiger partial charge in [0.2, 0.25) is 0 Å². The van der Waals surface area contributed by atoms with Crippen LogP contribution in [0.1, 0.15) is 17.8 Å². The molecule has 0 aromatic carbocycles. The van der Waals surface area contributed by atoms with Crippen molar-refractivity contribution in [3.8, 4) is 5.75 Å². The van der Waals surface area contributed by atoms with Crippen molar-refractivity contribution in [1.29, 1.82) is 0 Å². The molecule has 6 heteroatoms. The van der Waals surface area contributed by atoms with E-state index in [9.17, 15) is 13.2 Å². The molecule has 1 aromatic heterocycles. The van der Waals surface area contributed by atoms with Gasteiger partial charge in [0.1, 0.15) is 5.75 Å². The predicted octanol–water partition coefficient (Wildman–Crippen LogP) is 2.44. The Hall–Kier alpha value is -1.30. The van der Waals surface area contributed by atoms with Crippen LogP contribution in [0.5, 0.6) is 5.75 Å². The Labute approximate surface area is 98.0 Å². The lowest BCUT2D eigenvalue weighted by Gasteiger charge is -2.09. The molecule has 0 amide bonds. The number of aryl methyl sites for hydroxylation is 1. The van der Waals surface area contributed by atoms with E-state index in [1.165, 1.54) is 7.11 Å². The fourth-order valence-corrected chi connectivity index (χ4v) is 1.36. The molecule has 96 valence electrons. The minimum Gasteiger partial charge on any atom is -0.497 e. The van der Waals surface area contributed by atoms with Gasteiger partial charge in [-0.25, -0.2) is 0 Å². The first-order valence-corrected chi connectivity index (χ1v) is 5.20. The molecule has 17 heavy (non-hydrogen) atoms. The van der Waals surface area contributed by atoms with E-state index in [0.717, 1.165) is 5.69 Å². The zero-order chi connectivity index (χ0) is 12.9. The maximum absolute atomic E-state index is 11.9. The molecule has 0 saturated carbocycles. The number of nitrogens with one attached hydrogen (secondary N) is 1. The van der Waals surface area contributed by atoms with E-state index < -0.39 is 12.6 Å². The lowest BCUT2D eigenvalue weighted by molar-refractivity contribution is -0.133. The second-order valence-electron chi connectivity index (χ2n) is 3.68. The summed E-state index contributed by atoms with van der Waals surface area (Å²) in [6, 6.07) is 3.47. The fraction of sp³-hybridized carbons (Fsp3) is 0.545. The summed E-state index contributed by atoms with van der Waals surface area (Å²) in [6.45, 7) is 2.00. The highest BCUT2D eigenvalue weighted by atomic mass is 19.4. The lowest BCUT2D eigenvalue weighted by Crippen LogP contribution is -2.21. The first-order chi connectivity index (χ1) is 7.90. The molecule has 1 heterocycles. The van der Waals surface area contributed by atoms with Crippen LogP contribution >= 0.6 is 0 Å². The molecule has 0 fully saturated rings. The number of ether oxygens (including phenoxy) is 1. The normalized spacial score (nSPS) is 11.6. The average molecular weight is 248 g/mol. The lowest BCUT2D eigenvalue weighted by atomic mass is 10.3. The number of alkyl halides is 3. The quantitative estimate of drug-likeness (QED) is 0.813. The minimum atomic E-state index is -4.12. The van der Waals surface area contributed by atoms with Crippen molar-refractivity contribution in [2.45, 2.75) is 26.1 Å². The molecule has 0 bridgehead atoms. The van der Waals surface area contributed by atoms with Crippen LogP contribution in [0.25, 0.3) is 0 Å². The van der Waals surface area contributed by atoms with E-state index in [1.54, 1.807) is 12.1 Å². The summed E-state index contributed by atoms with van der Waals surface area (Å²) in [5, 5.41) is 2.70. The molecule has 0 aliphatic heterocycles. The van der Waals surface area contributed by atoms with Gasteiger partial charge in [-0.1, -0.05) is 0 Å². The third kappa shape index (κ3) is 5.53. The number of nitrogens with zero attached hydrogens (tertiary/aromatic N) is 1. The van der Waals surface area contributed by atoms with Crippen LogP contribution < -0.4 is 10.1 Å². The molecule has 0 unspecified atom stereocenters. The van der Waals surface area contributed by atoms with Crippen molar-refractivity contribution in [2.24, 2.45) is 0 Å². The van der Waals surface area contributed by atoms with E-state index in [1.807, 2.05) is 6.92 Å². The zero-order valence-corrected chi connectivity index (χ0v) is 9.77. The monoisotopic (exact) mass is 248 g/mol.